The molecule has 2 aliphatic heterocycles. The summed E-state index contributed by atoms with van der Waals surface area (Å²) in [4.78, 5) is 15.4. The zero-order chi connectivity index (χ0) is 21.0. The number of anilines is 1. The van der Waals surface area contributed by atoms with Gasteiger partial charge in [-0.2, -0.15) is 16.1 Å². The molecule has 1 N–H and O–H groups in total. The van der Waals surface area contributed by atoms with Gasteiger partial charge in [0, 0.05) is 49.9 Å². The van der Waals surface area contributed by atoms with Crippen molar-refractivity contribution in [2.24, 2.45) is 0 Å². The lowest BCUT2D eigenvalue weighted by molar-refractivity contribution is 0.0952. The minimum absolute atomic E-state index is 0.111. The van der Waals surface area contributed by atoms with Gasteiger partial charge in [-0.1, -0.05) is 12.1 Å². The van der Waals surface area contributed by atoms with Crippen molar-refractivity contribution in [2.45, 2.75) is 11.4 Å². The minimum atomic E-state index is -3.64. The summed E-state index contributed by atoms with van der Waals surface area (Å²) >= 11 is 2.91. The van der Waals surface area contributed by atoms with Crippen LogP contribution in [0.2, 0.25) is 0 Å². The van der Waals surface area contributed by atoms with Crippen LogP contribution in [0.15, 0.2) is 40.6 Å². The maximum atomic E-state index is 13.0. The summed E-state index contributed by atoms with van der Waals surface area (Å²) in [6.07, 6.45) is 0. The minimum Gasteiger partial charge on any atom is -0.378 e. The molecule has 2 saturated heterocycles. The van der Waals surface area contributed by atoms with Gasteiger partial charge in [0.05, 0.1) is 13.2 Å². The van der Waals surface area contributed by atoms with Gasteiger partial charge in [-0.3, -0.25) is 4.79 Å². The molecule has 3 heterocycles. The third-order valence-corrected chi connectivity index (χ3v) is 9.11. The zero-order valence-electron chi connectivity index (χ0n) is 16.6. The Morgan fingerprint density at radius 3 is 2.43 bits per heavy atom. The molecule has 2 fully saturated rings. The van der Waals surface area contributed by atoms with Crippen molar-refractivity contribution in [3.63, 3.8) is 0 Å². The number of amides is 1. The smallest absolute Gasteiger partial charge is 0.263 e. The van der Waals surface area contributed by atoms with Crippen molar-refractivity contribution in [2.75, 3.05) is 55.8 Å². The van der Waals surface area contributed by atoms with E-state index in [4.69, 9.17) is 4.74 Å². The van der Waals surface area contributed by atoms with Crippen LogP contribution in [0.1, 0.15) is 15.2 Å². The maximum Gasteiger partial charge on any atom is 0.263 e. The second-order valence-electron chi connectivity index (χ2n) is 7.08. The van der Waals surface area contributed by atoms with Crippen LogP contribution < -0.4 is 10.2 Å². The average molecular weight is 468 g/mol. The molecule has 2 aliphatic rings. The van der Waals surface area contributed by atoms with Gasteiger partial charge < -0.3 is 15.0 Å². The highest BCUT2D eigenvalue weighted by atomic mass is 32.2. The molecule has 0 spiro atoms. The van der Waals surface area contributed by atoms with Crippen molar-refractivity contribution in [1.82, 2.24) is 9.62 Å². The maximum absolute atomic E-state index is 13.0. The Morgan fingerprint density at radius 1 is 1.03 bits per heavy atom. The van der Waals surface area contributed by atoms with Crippen molar-refractivity contribution in [3.05, 3.63) is 46.2 Å². The van der Waals surface area contributed by atoms with Crippen LogP contribution in [0.5, 0.6) is 0 Å². The van der Waals surface area contributed by atoms with Crippen molar-refractivity contribution in [1.29, 1.82) is 0 Å². The molecule has 1 amide bonds. The largest absolute Gasteiger partial charge is 0.378 e. The summed E-state index contributed by atoms with van der Waals surface area (Å²) in [7, 11) is -3.64. The Hall–Kier alpha value is -1.59. The van der Waals surface area contributed by atoms with Crippen LogP contribution in [-0.2, 0) is 21.3 Å². The van der Waals surface area contributed by atoms with Gasteiger partial charge >= 0.3 is 0 Å². The molecule has 0 saturated carbocycles. The predicted octanol–water partition coefficient (Wildman–Crippen LogP) is 2.25. The third kappa shape index (κ3) is 4.83. The lowest BCUT2D eigenvalue weighted by Crippen LogP contribution is -2.38. The highest BCUT2D eigenvalue weighted by Gasteiger charge is 2.31. The number of benzene rings is 1. The monoisotopic (exact) mass is 467 g/mol. The molecule has 4 rings (SSSR count). The third-order valence-electron chi connectivity index (χ3n) is 5.19. The van der Waals surface area contributed by atoms with E-state index in [1.54, 1.807) is 17.1 Å². The molecule has 10 heteroatoms. The standard InChI is InChI=1S/C20H25N3O4S3/c24-20(19-18(5-12-29-19)30(25,26)23-8-13-28-14-9-23)21-15-16-1-3-17(4-2-16)22-6-10-27-11-7-22/h1-5,12H,6-11,13-15H2,(H,21,24). The Balaban J connectivity index is 1.40. The number of nitrogens with one attached hydrogen (secondary N) is 1. The predicted molar refractivity (Wildman–Crippen MR) is 121 cm³/mol. The molecule has 7 nitrogen and oxygen atoms in total. The van der Waals surface area contributed by atoms with Crippen LogP contribution in [0.3, 0.4) is 0 Å². The molecular weight excluding hydrogens is 442 g/mol. The molecule has 0 atom stereocenters. The second-order valence-corrected chi connectivity index (χ2v) is 11.1. The fraction of sp³-hybridized carbons (Fsp3) is 0.450. The lowest BCUT2D eigenvalue weighted by Gasteiger charge is -2.28. The van der Waals surface area contributed by atoms with E-state index in [2.05, 4.69) is 10.2 Å². The SMILES string of the molecule is O=C(NCc1ccc(N2CCOCC2)cc1)c1sccc1S(=O)(=O)N1CCSCC1. The van der Waals surface area contributed by atoms with Gasteiger partial charge in [-0.25, -0.2) is 8.42 Å². The van der Waals surface area contributed by atoms with E-state index in [1.807, 2.05) is 24.3 Å². The quantitative estimate of drug-likeness (QED) is 0.702. The molecule has 0 radical (unpaired) electrons. The molecule has 0 unspecified atom stereocenters. The van der Waals surface area contributed by atoms with Gasteiger partial charge in [0.25, 0.3) is 5.91 Å². The summed E-state index contributed by atoms with van der Waals surface area (Å²) in [5.41, 5.74) is 2.11. The first kappa shape index (κ1) is 21.6. The summed E-state index contributed by atoms with van der Waals surface area (Å²) in [5, 5.41) is 4.53. The fourth-order valence-corrected chi connectivity index (χ4v) is 7.39. The van der Waals surface area contributed by atoms with E-state index in [0.29, 0.717) is 19.6 Å². The van der Waals surface area contributed by atoms with E-state index in [9.17, 15) is 13.2 Å². The fourth-order valence-electron chi connectivity index (χ4n) is 3.50. The van der Waals surface area contributed by atoms with Crippen molar-refractivity contribution < 1.29 is 17.9 Å². The van der Waals surface area contributed by atoms with E-state index in [-0.39, 0.29) is 15.7 Å². The topological polar surface area (TPSA) is 79.0 Å². The first-order chi connectivity index (χ1) is 14.6. The number of hydrogen-bond donors (Lipinski definition) is 1. The number of carbonyl (C=O) groups is 1. The van der Waals surface area contributed by atoms with Gasteiger partial charge in [0.1, 0.15) is 9.77 Å². The number of morpholine rings is 1. The van der Waals surface area contributed by atoms with Gasteiger partial charge in [-0.05, 0) is 29.1 Å². The number of carbonyl (C=O) groups excluding carboxylic acids is 1. The highest BCUT2D eigenvalue weighted by Crippen LogP contribution is 2.27. The molecule has 1 aromatic carbocycles. The summed E-state index contributed by atoms with van der Waals surface area (Å²) in [6.45, 7) is 4.54. The van der Waals surface area contributed by atoms with Crippen LogP contribution in [0.25, 0.3) is 0 Å². The Bertz CT molecular complexity index is 963. The molecule has 1 aromatic heterocycles. The van der Waals surface area contributed by atoms with E-state index in [0.717, 1.165) is 60.4 Å². The summed E-state index contributed by atoms with van der Waals surface area (Å²) < 4.78 is 32.8. The van der Waals surface area contributed by atoms with Crippen LogP contribution >= 0.6 is 23.1 Å². The number of thiophene rings is 1. The number of nitrogens with zero attached hydrogens (tertiary/aromatic N) is 2. The van der Waals surface area contributed by atoms with Crippen LogP contribution in [-0.4, -0.2) is 69.5 Å². The number of thioether (sulfide) groups is 1. The normalized spacial score (nSPS) is 18.3. The first-order valence-electron chi connectivity index (χ1n) is 9.91. The Morgan fingerprint density at radius 2 is 1.73 bits per heavy atom. The Kier molecular flexibility index (Phi) is 6.99. The highest BCUT2D eigenvalue weighted by molar-refractivity contribution is 7.99. The van der Waals surface area contributed by atoms with E-state index < -0.39 is 10.0 Å². The number of rotatable bonds is 6. The van der Waals surface area contributed by atoms with Crippen LogP contribution in [0.4, 0.5) is 5.69 Å². The van der Waals surface area contributed by atoms with Crippen molar-refractivity contribution >= 4 is 44.7 Å². The Labute approximate surface area is 185 Å². The zero-order valence-corrected chi connectivity index (χ0v) is 19.0. The molecule has 0 bridgehead atoms. The van der Waals surface area contributed by atoms with E-state index >= 15 is 0 Å². The molecular formula is C20H25N3O4S3. The number of ether oxygens (including phenoxy) is 1. The van der Waals surface area contributed by atoms with Crippen LogP contribution in [0, 0.1) is 0 Å². The van der Waals surface area contributed by atoms with Gasteiger partial charge in [-0.15, -0.1) is 11.3 Å². The average Bonchev–Trinajstić information content (AvgIpc) is 3.30. The molecule has 0 aliphatic carbocycles. The van der Waals surface area contributed by atoms with E-state index in [1.165, 1.54) is 10.4 Å². The number of hydrogen-bond acceptors (Lipinski definition) is 7. The van der Waals surface area contributed by atoms with Gasteiger partial charge in [0.2, 0.25) is 10.0 Å². The lowest BCUT2D eigenvalue weighted by atomic mass is 10.2. The van der Waals surface area contributed by atoms with Gasteiger partial charge in [0.15, 0.2) is 0 Å². The molecule has 30 heavy (non-hydrogen) atoms. The second kappa shape index (κ2) is 9.69. The molecule has 162 valence electrons. The summed E-state index contributed by atoms with van der Waals surface area (Å²) in [6, 6.07) is 9.60. The number of sulfonamides is 1. The summed E-state index contributed by atoms with van der Waals surface area (Å²) in [5.74, 6) is 1.21. The first-order valence-corrected chi connectivity index (χ1v) is 13.4. The molecule has 2 aromatic rings. The van der Waals surface area contributed by atoms with Crippen molar-refractivity contribution in [3.8, 4) is 0 Å².